The predicted octanol–water partition coefficient (Wildman–Crippen LogP) is 3.97. The lowest BCUT2D eigenvalue weighted by atomic mass is 9.99. The van der Waals surface area contributed by atoms with Gasteiger partial charge < -0.3 is 15.1 Å². The normalized spacial score (nSPS) is 20.5. The van der Waals surface area contributed by atoms with Crippen molar-refractivity contribution >= 4 is 17.5 Å². The van der Waals surface area contributed by atoms with Gasteiger partial charge in [-0.15, -0.1) is 0 Å². The molecule has 5 nitrogen and oxygen atoms in total. The smallest absolute Gasteiger partial charge is 0.247 e. The summed E-state index contributed by atoms with van der Waals surface area (Å²) in [6.45, 7) is 3.87. The number of amides is 2. The summed E-state index contributed by atoms with van der Waals surface area (Å²) in [5.41, 5.74) is 2.42. The van der Waals surface area contributed by atoms with Gasteiger partial charge in [0.15, 0.2) is 0 Å². The number of aryl methyl sites for hydroxylation is 1. The summed E-state index contributed by atoms with van der Waals surface area (Å²) < 4.78 is 14.4. The Labute approximate surface area is 183 Å². The molecule has 2 aromatic rings. The molecule has 0 aromatic heterocycles. The molecule has 164 valence electrons. The molecule has 0 radical (unpaired) electrons. The van der Waals surface area contributed by atoms with Gasteiger partial charge in [0, 0.05) is 32.1 Å². The van der Waals surface area contributed by atoms with E-state index in [0.29, 0.717) is 25.2 Å². The molecular formula is C25H30FN3O2. The number of hydrogen-bond acceptors (Lipinski definition) is 3. The van der Waals surface area contributed by atoms with Crippen molar-refractivity contribution in [3.05, 3.63) is 65.5 Å². The fourth-order valence-corrected chi connectivity index (χ4v) is 4.67. The Hall–Kier alpha value is -2.89. The number of rotatable bonds is 5. The van der Waals surface area contributed by atoms with Crippen LogP contribution in [0.1, 0.15) is 49.3 Å². The molecule has 2 aliphatic heterocycles. The molecule has 6 heteroatoms. The van der Waals surface area contributed by atoms with E-state index in [-0.39, 0.29) is 23.7 Å². The molecule has 31 heavy (non-hydrogen) atoms. The number of carbonyl (C=O) groups is 2. The molecule has 2 unspecified atom stereocenters. The summed E-state index contributed by atoms with van der Waals surface area (Å²) in [6.07, 6.45) is 3.98. The van der Waals surface area contributed by atoms with Crippen LogP contribution in [0.25, 0.3) is 0 Å². The van der Waals surface area contributed by atoms with Crippen molar-refractivity contribution < 1.29 is 14.0 Å². The van der Waals surface area contributed by atoms with Gasteiger partial charge in [0.05, 0.1) is 5.69 Å². The lowest BCUT2D eigenvalue weighted by molar-refractivity contribution is -0.143. The van der Waals surface area contributed by atoms with Crippen molar-refractivity contribution in [1.82, 2.24) is 10.2 Å². The van der Waals surface area contributed by atoms with E-state index >= 15 is 0 Å². The first-order chi connectivity index (χ1) is 15.0. The van der Waals surface area contributed by atoms with Crippen LogP contribution in [0.15, 0.2) is 48.5 Å². The Bertz CT molecular complexity index is 934. The maximum absolute atomic E-state index is 14.4. The Morgan fingerprint density at radius 3 is 2.68 bits per heavy atom. The molecule has 2 aromatic carbocycles. The summed E-state index contributed by atoms with van der Waals surface area (Å²) in [7, 11) is 0. The van der Waals surface area contributed by atoms with Gasteiger partial charge in [-0.05, 0) is 55.9 Å². The molecule has 2 saturated heterocycles. The Morgan fingerprint density at radius 1 is 1.10 bits per heavy atom. The van der Waals surface area contributed by atoms with Crippen molar-refractivity contribution in [2.45, 2.75) is 51.1 Å². The average Bonchev–Trinajstić information content (AvgIpc) is 2.78. The van der Waals surface area contributed by atoms with Crippen LogP contribution in [0.4, 0.5) is 10.1 Å². The molecule has 1 N–H and O–H groups in total. The predicted molar refractivity (Wildman–Crippen MR) is 119 cm³/mol. The van der Waals surface area contributed by atoms with Gasteiger partial charge >= 0.3 is 0 Å². The summed E-state index contributed by atoms with van der Waals surface area (Å²) in [5, 5.41) is 3.17. The lowest BCUT2D eigenvalue weighted by Crippen LogP contribution is -2.52. The van der Waals surface area contributed by atoms with E-state index in [4.69, 9.17) is 0 Å². The minimum absolute atomic E-state index is 0.0300. The second-order valence-electron chi connectivity index (χ2n) is 8.61. The average molecular weight is 424 g/mol. The molecule has 2 aliphatic rings. The second kappa shape index (κ2) is 9.50. The molecule has 2 fully saturated rings. The highest BCUT2D eigenvalue weighted by atomic mass is 19.1. The van der Waals surface area contributed by atoms with Gasteiger partial charge in [-0.1, -0.05) is 36.4 Å². The molecule has 0 aliphatic carbocycles. The quantitative estimate of drug-likeness (QED) is 0.792. The largest absolute Gasteiger partial charge is 0.367 e. The van der Waals surface area contributed by atoms with Crippen LogP contribution < -0.4 is 10.2 Å². The first-order valence-electron chi connectivity index (χ1n) is 11.2. The fraction of sp³-hybridized carbons (Fsp3) is 0.440. The number of piperidine rings is 2. The lowest BCUT2D eigenvalue weighted by Gasteiger charge is -2.38. The molecule has 0 spiro atoms. The fourth-order valence-electron chi connectivity index (χ4n) is 4.67. The van der Waals surface area contributed by atoms with Crippen LogP contribution in [0, 0.1) is 12.7 Å². The Kier molecular flexibility index (Phi) is 6.54. The molecule has 2 amide bonds. The first-order valence-corrected chi connectivity index (χ1v) is 11.2. The number of benzene rings is 2. The van der Waals surface area contributed by atoms with Crippen LogP contribution in [-0.2, 0) is 9.59 Å². The summed E-state index contributed by atoms with van der Waals surface area (Å²) >= 11 is 0. The van der Waals surface area contributed by atoms with Crippen LogP contribution >= 0.6 is 0 Å². The standard InChI is InChI=1S/C25H30FN3O2/c1-18-12-13-21(26)22(16-18)28-14-7-10-20(17-28)27-25(31)24(19-8-3-2-4-9-19)29-15-6-5-11-23(29)30/h2-4,8-9,12-13,16,20,24H,5-7,10-11,14-15,17H2,1H3,(H,27,31). The number of nitrogens with one attached hydrogen (secondary N) is 1. The van der Waals surface area contributed by atoms with E-state index in [1.807, 2.05) is 48.2 Å². The first kappa shape index (κ1) is 21.3. The van der Waals surface area contributed by atoms with Gasteiger partial charge in [0.25, 0.3) is 0 Å². The van der Waals surface area contributed by atoms with Crippen LogP contribution in [-0.4, -0.2) is 42.4 Å². The number of likely N-dealkylation sites (tertiary alicyclic amines) is 1. The SMILES string of the molecule is Cc1ccc(F)c(N2CCCC(NC(=O)C(c3ccccc3)N3CCCCC3=O)C2)c1. The molecule has 2 atom stereocenters. The van der Waals surface area contributed by atoms with E-state index in [1.165, 1.54) is 6.07 Å². The molecule has 0 bridgehead atoms. The second-order valence-corrected chi connectivity index (χ2v) is 8.61. The zero-order chi connectivity index (χ0) is 21.8. The zero-order valence-corrected chi connectivity index (χ0v) is 18.0. The maximum atomic E-state index is 14.4. The topological polar surface area (TPSA) is 52.7 Å². The number of halogens is 1. The molecule has 0 saturated carbocycles. The summed E-state index contributed by atoms with van der Waals surface area (Å²) in [5.74, 6) is -0.362. The van der Waals surface area contributed by atoms with Crippen molar-refractivity contribution in [2.24, 2.45) is 0 Å². The van der Waals surface area contributed by atoms with Crippen molar-refractivity contribution in [2.75, 3.05) is 24.5 Å². The van der Waals surface area contributed by atoms with E-state index < -0.39 is 6.04 Å². The summed E-state index contributed by atoms with van der Waals surface area (Å²) in [4.78, 5) is 29.8. The number of nitrogens with zero attached hydrogens (tertiary/aromatic N) is 2. The highest BCUT2D eigenvalue weighted by Crippen LogP contribution is 2.28. The third-order valence-corrected chi connectivity index (χ3v) is 6.25. The van der Waals surface area contributed by atoms with Gasteiger partial charge in [0.2, 0.25) is 11.8 Å². The highest BCUT2D eigenvalue weighted by molar-refractivity contribution is 5.89. The number of carbonyl (C=O) groups excluding carboxylic acids is 2. The van der Waals surface area contributed by atoms with Crippen molar-refractivity contribution in [3.8, 4) is 0 Å². The maximum Gasteiger partial charge on any atom is 0.247 e. The van der Waals surface area contributed by atoms with Crippen molar-refractivity contribution in [3.63, 3.8) is 0 Å². The third kappa shape index (κ3) is 4.89. The van der Waals surface area contributed by atoms with Crippen LogP contribution in [0.2, 0.25) is 0 Å². The molecule has 2 heterocycles. The van der Waals surface area contributed by atoms with Gasteiger partial charge in [-0.25, -0.2) is 4.39 Å². The Balaban J connectivity index is 1.51. The van der Waals surface area contributed by atoms with Gasteiger partial charge in [-0.2, -0.15) is 0 Å². The van der Waals surface area contributed by atoms with E-state index in [1.54, 1.807) is 11.0 Å². The monoisotopic (exact) mass is 423 g/mol. The number of hydrogen-bond donors (Lipinski definition) is 1. The highest BCUT2D eigenvalue weighted by Gasteiger charge is 2.34. The van der Waals surface area contributed by atoms with E-state index in [0.717, 1.165) is 43.4 Å². The van der Waals surface area contributed by atoms with Gasteiger partial charge in [0.1, 0.15) is 11.9 Å². The molecular weight excluding hydrogens is 393 g/mol. The molecule has 4 rings (SSSR count). The number of anilines is 1. The zero-order valence-electron chi connectivity index (χ0n) is 18.0. The van der Waals surface area contributed by atoms with E-state index in [2.05, 4.69) is 5.32 Å². The van der Waals surface area contributed by atoms with Crippen LogP contribution in [0.3, 0.4) is 0 Å². The summed E-state index contributed by atoms with van der Waals surface area (Å²) in [6, 6.07) is 13.9. The third-order valence-electron chi connectivity index (χ3n) is 6.25. The Morgan fingerprint density at radius 2 is 1.90 bits per heavy atom. The van der Waals surface area contributed by atoms with E-state index in [9.17, 15) is 14.0 Å². The minimum Gasteiger partial charge on any atom is -0.367 e. The minimum atomic E-state index is -0.625. The van der Waals surface area contributed by atoms with Gasteiger partial charge in [-0.3, -0.25) is 9.59 Å². The van der Waals surface area contributed by atoms with Crippen LogP contribution in [0.5, 0.6) is 0 Å². The van der Waals surface area contributed by atoms with Crippen molar-refractivity contribution in [1.29, 1.82) is 0 Å².